The van der Waals surface area contributed by atoms with Crippen LogP contribution >= 0.6 is 11.8 Å². The number of hydrogen-bond acceptors (Lipinski definition) is 3. The zero-order valence-electron chi connectivity index (χ0n) is 11.5. The molecule has 0 aliphatic rings. The van der Waals surface area contributed by atoms with Crippen molar-refractivity contribution in [3.05, 3.63) is 60.1 Å². The summed E-state index contributed by atoms with van der Waals surface area (Å²) in [6.45, 7) is 2.01. The van der Waals surface area contributed by atoms with Crippen LogP contribution in [-0.2, 0) is 17.0 Å². The minimum atomic E-state index is 0.0851. The van der Waals surface area contributed by atoms with Crippen LogP contribution in [0.2, 0.25) is 0 Å². The Morgan fingerprint density at radius 2 is 2.05 bits per heavy atom. The highest BCUT2D eigenvalue weighted by Crippen LogP contribution is 2.11. The maximum Gasteiger partial charge on any atom is 0.230 e. The molecule has 2 aromatic rings. The molecule has 0 saturated heterocycles. The van der Waals surface area contributed by atoms with Crippen LogP contribution in [0.3, 0.4) is 0 Å². The third-order valence-electron chi connectivity index (χ3n) is 2.87. The SMILES string of the molecule is C[C@H](Cc1ccoc1)NC(=O)CSCc1ccccc1. The summed E-state index contributed by atoms with van der Waals surface area (Å²) < 4.78 is 5.02. The molecule has 0 aliphatic heterocycles. The molecule has 1 heterocycles. The largest absolute Gasteiger partial charge is 0.472 e. The van der Waals surface area contributed by atoms with Crippen molar-refractivity contribution in [2.75, 3.05) is 5.75 Å². The number of amides is 1. The summed E-state index contributed by atoms with van der Waals surface area (Å²) in [6.07, 6.45) is 4.16. The van der Waals surface area contributed by atoms with Gasteiger partial charge in [-0.05, 0) is 30.5 Å². The Morgan fingerprint density at radius 3 is 2.75 bits per heavy atom. The molecule has 20 heavy (non-hydrogen) atoms. The Balaban J connectivity index is 1.65. The molecule has 0 aliphatic carbocycles. The molecule has 3 nitrogen and oxygen atoms in total. The normalized spacial score (nSPS) is 12.1. The maximum atomic E-state index is 11.8. The van der Waals surface area contributed by atoms with Gasteiger partial charge in [0.2, 0.25) is 5.91 Å². The van der Waals surface area contributed by atoms with E-state index in [1.807, 2.05) is 31.2 Å². The monoisotopic (exact) mass is 289 g/mol. The molecule has 1 N–H and O–H groups in total. The van der Waals surface area contributed by atoms with E-state index >= 15 is 0 Å². The number of rotatable bonds is 7. The fourth-order valence-corrected chi connectivity index (χ4v) is 2.76. The number of carbonyl (C=O) groups excluding carboxylic acids is 1. The lowest BCUT2D eigenvalue weighted by Gasteiger charge is -2.12. The van der Waals surface area contributed by atoms with Crippen molar-refractivity contribution < 1.29 is 9.21 Å². The van der Waals surface area contributed by atoms with E-state index in [2.05, 4.69) is 17.4 Å². The fraction of sp³-hybridized carbons (Fsp3) is 0.312. The third-order valence-corrected chi connectivity index (χ3v) is 3.88. The molecule has 106 valence electrons. The Labute approximate surface area is 123 Å². The lowest BCUT2D eigenvalue weighted by atomic mass is 10.1. The van der Waals surface area contributed by atoms with Gasteiger partial charge >= 0.3 is 0 Å². The number of nitrogens with one attached hydrogen (secondary N) is 1. The predicted octanol–water partition coefficient (Wildman–Crippen LogP) is 3.26. The van der Waals surface area contributed by atoms with E-state index in [0.717, 1.165) is 17.7 Å². The van der Waals surface area contributed by atoms with Crippen molar-refractivity contribution in [1.82, 2.24) is 5.32 Å². The third kappa shape index (κ3) is 5.13. The van der Waals surface area contributed by atoms with Gasteiger partial charge in [0.25, 0.3) is 0 Å². The van der Waals surface area contributed by atoms with Crippen LogP contribution in [0, 0.1) is 0 Å². The van der Waals surface area contributed by atoms with Gasteiger partial charge < -0.3 is 9.73 Å². The highest BCUT2D eigenvalue weighted by molar-refractivity contribution is 7.99. The van der Waals surface area contributed by atoms with Crippen LogP contribution in [0.15, 0.2) is 53.3 Å². The van der Waals surface area contributed by atoms with E-state index in [9.17, 15) is 4.79 Å². The van der Waals surface area contributed by atoms with Gasteiger partial charge in [0, 0.05) is 11.8 Å². The second-order valence-electron chi connectivity index (χ2n) is 4.78. The molecule has 0 radical (unpaired) electrons. The molecule has 0 spiro atoms. The zero-order chi connectivity index (χ0) is 14.2. The van der Waals surface area contributed by atoms with Gasteiger partial charge in [0.15, 0.2) is 0 Å². The van der Waals surface area contributed by atoms with Gasteiger partial charge in [-0.2, -0.15) is 0 Å². The minimum Gasteiger partial charge on any atom is -0.472 e. The highest BCUT2D eigenvalue weighted by Gasteiger charge is 2.08. The highest BCUT2D eigenvalue weighted by atomic mass is 32.2. The molecular formula is C16H19NO2S. The topological polar surface area (TPSA) is 42.2 Å². The number of thioether (sulfide) groups is 1. The average Bonchev–Trinajstić information content (AvgIpc) is 2.92. The maximum absolute atomic E-state index is 11.8. The molecule has 0 unspecified atom stereocenters. The van der Waals surface area contributed by atoms with Crippen LogP contribution in [0.5, 0.6) is 0 Å². The molecule has 4 heteroatoms. The Bertz CT molecular complexity index is 511. The smallest absolute Gasteiger partial charge is 0.230 e. The first-order valence-electron chi connectivity index (χ1n) is 6.66. The summed E-state index contributed by atoms with van der Waals surface area (Å²) in [4.78, 5) is 11.8. The number of hydrogen-bond donors (Lipinski definition) is 1. The standard InChI is InChI=1S/C16H19NO2S/c1-13(9-15-7-8-19-10-15)17-16(18)12-20-11-14-5-3-2-4-6-14/h2-8,10,13H,9,11-12H2,1H3,(H,17,18)/t13-/m1/s1. The molecule has 0 saturated carbocycles. The first-order valence-corrected chi connectivity index (χ1v) is 7.81. The lowest BCUT2D eigenvalue weighted by molar-refractivity contribution is -0.119. The molecule has 0 fully saturated rings. The van der Waals surface area contributed by atoms with Gasteiger partial charge in [-0.3, -0.25) is 4.79 Å². The van der Waals surface area contributed by atoms with Gasteiger partial charge in [-0.25, -0.2) is 0 Å². The van der Waals surface area contributed by atoms with Crippen molar-refractivity contribution in [3.63, 3.8) is 0 Å². The number of furan rings is 1. The van der Waals surface area contributed by atoms with Crippen LogP contribution < -0.4 is 5.32 Å². The van der Waals surface area contributed by atoms with Gasteiger partial charge in [-0.15, -0.1) is 11.8 Å². The minimum absolute atomic E-state index is 0.0851. The van der Waals surface area contributed by atoms with Gasteiger partial charge in [0.05, 0.1) is 18.3 Å². The quantitative estimate of drug-likeness (QED) is 0.850. The second-order valence-corrected chi connectivity index (χ2v) is 5.77. The van der Waals surface area contributed by atoms with Crippen molar-refractivity contribution in [1.29, 1.82) is 0 Å². The first kappa shape index (κ1) is 14.7. The van der Waals surface area contributed by atoms with E-state index in [4.69, 9.17) is 4.42 Å². The number of benzene rings is 1. The Hall–Kier alpha value is -1.68. The molecule has 0 bridgehead atoms. The molecule has 2 rings (SSSR count). The van der Waals surface area contributed by atoms with Crippen molar-refractivity contribution >= 4 is 17.7 Å². The summed E-state index contributed by atoms with van der Waals surface area (Å²) in [5.41, 5.74) is 2.35. The summed E-state index contributed by atoms with van der Waals surface area (Å²) in [5.74, 6) is 1.44. The Kier molecular flexibility index (Phi) is 5.74. The molecule has 1 atom stereocenters. The number of carbonyl (C=O) groups is 1. The molecular weight excluding hydrogens is 270 g/mol. The van der Waals surface area contributed by atoms with Gasteiger partial charge in [0.1, 0.15) is 0 Å². The van der Waals surface area contributed by atoms with Crippen LogP contribution in [0.1, 0.15) is 18.1 Å². The first-order chi connectivity index (χ1) is 9.74. The summed E-state index contributed by atoms with van der Waals surface area (Å²) in [5, 5.41) is 3.00. The molecule has 1 aromatic carbocycles. The molecule has 1 amide bonds. The fourth-order valence-electron chi connectivity index (χ4n) is 1.97. The van der Waals surface area contributed by atoms with Crippen LogP contribution in [0.4, 0.5) is 0 Å². The van der Waals surface area contributed by atoms with Crippen molar-refractivity contribution in [2.45, 2.75) is 25.1 Å². The van der Waals surface area contributed by atoms with E-state index in [-0.39, 0.29) is 11.9 Å². The van der Waals surface area contributed by atoms with Crippen LogP contribution in [-0.4, -0.2) is 17.7 Å². The van der Waals surface area contributed by atoms with E-state index < -0.39 is 0 Å². The van der Waals surface area contributed by atoms with Crippen LogP contribution in [0.25, 0.3) is 0 Å². The van der Waals surface area contributed by atoms with Gasteiger partial charge in [-0.1, -0.05) is 30.3 Å². The average molecular weight is 289 g/mol. The summed E-state index contributed by atoms with van der Waals surface area (Å²) >= 11 is 1.63. The van der Waals surface area contributed by atoms with E-state index in [1.165, 1.54) is 5.56 Å². The summed E-state index contributed by atoms with van der Waals surface area (Å²) in [7, 11) is 0. The van der Waals surface area contributed by atoms with E-state index in [0.29, 0.717) is 5.75 Å². The lowest BCUT2D eigenvalue weighted by Crippen LogP contribution is -2.35. The van der Waals surface area contributed by atoms with E-state index in [1.54, 1.807) is 24.3 Å². The Morgan fingerprint density at radius 1 is 1.25 bits per heavy atom. The summed E-state index contributed by atoms with van der Waals surface area (Å²) in [6, 6.07) is 12.2. The predicted molar refractivity (Wildman–Crippen MR) is 82.6 cm³/mol. The molecule has 1 aromatic heterocycles. The second kappa shape index (κ2) is 7.80. The van der Waals surface area contributed by atoms with Crippen molar-refractivity contribution in [2.24, 2.45) is 0 Å². The van der Waals surface area contributed by atoms with Crippen molar-refractivity contribution in [3.8, 4) is 0 Å². The zero-order valence-corrected chi connectivity index (χ0v) is 12.4.